The molecule has 5 heteroatoms. The summed E-state index contributed by atoms with van der Waals surface area (Å²) in [6.07, 6.45) is 2.63. The molecule has 4 atom stereocenters. The molecule has 1 saturated carbocycles. The minimum Gasteiger partial charge on any atom is -0.422 e. The van der Waals surface area contributed by atoms with Crippen LogP contribution in [-0.4, -0.2) is 29.7 Å². The van der Waals surface area contributed by atoms with Crippen molar-refractivity contribution < 1.29 is 23.9 Å². The first-order valence-electron chi connectivity index (χ1n) is 9.93. The van der Waals surface area contributed by atoms with Crippen LogP contribution in [0.3, 0.4) is 0 Å². The lowest BCUT2D eigenvalue weighted by Crippen LogP contribution is -2.52. The maximum Gasteiger partial charge on any atom is 0.308 e. The second-order valence-electron chi connectivity index (χ2n) is 9.70. The van der Waals surface area contributed by atoms with Crippen molar-refractivity contribution in [3.8, 4) is 0 Å². The van der Waals surface area contributed by atoms with E-state index in [9.17, 15) is 14.4 Å². The highest BCUT2D eigenvalue weighted by Gasteiger charge is 2.68. The Morgan fingerprint density at radius 3 is 2.41 bits per heavy atom. The van der Waals surface area contributed by atoms with Gasteiger partial charge < -0.3 is 9.47 Å². The minimum atomic E-state index is -0.574. The molecule has 2 fully saturated rings. The second kappa shape index (κ2) is 5.63. The summed E-state index contributed by atoms with van der Waals surface area (Å²) in [6.45, 7) is 11.5. The zero-order valence-corrected chi connectivity index (χ0v) is 17.0. The Balaban J connectivity index is 1.91. The van der Waals surface area contributed by atoms with E-state index < -0.39 is 11.4 Å². The molecule has 0 aromatic carbocycles. The highest BCUT2D eigenvalue weighted by Crippen LogP contribution is 2.65. The molecule has 0 radical (unpaired) electrons. The molecule has 3 aliphatic carbocycles. The van der Waals surface area contributed by atoms with Gasteiger partial charge in [0.05, 0.1) is 6.10 Å². The highest BCUT2D eigenvalue weighted by molar-refractivity contribution is 6.26. The van der Waals surface area contributed by atoms with E-state index in [1.807, 2.05) is 13.8 Å². The number of Topliss-reactive ketones (excluding diaryl/α,β-unsaturated/α-hetero) is 2. The number of ketones is 2. The summed E-state index contributed by atoms with van der Waals surface area (Å²) in [6, 6.07) is 0. The minimum absolute atomic E-state index is 0.00416. The van der Waals surface area contributed by atoms with E-state index in [2.05, 4.69) is 20.8 Å². The number of rotatable bonds is 2. The van der Waals surface area contributed by atoms with Gasteiger partial charge in [0.15, 0.2) is 11.5 Å². The number of esters is 1. The van der Waals surface area contributed by atoms with Gasteiger partial charge in [-0.1, -0.05) is 41.0 Å². The quantitative estimate of drug-likeness (QED) is 0.421. The highest BCUT2D eigenvalue weighted by atomic mass is 16.6. The normalized spacial score (nSPS) is 37.1. The van der Waals surface area contributed by atoms with E-state index in [0.717, 1.165) is 19.3 Å². The lowest BCUT2D eigenvalue weighted by atomic mass is 9.48. The van der Waals surface area contributed by atoms with Crippen LogP contribution in [0.1, 0.15) is 60.8 Å². The lowest BCUT2D eigenvalue weighted by Gasteiger charge is -2.53. The Kier molecular flexibility index (Phi) is 3.88. The molecule has 0 unspecified atom stereocenters. The van der Waals surface area contributed by atoms with E-state index >= 15 is 0 Å². The number of fused-ring (bicyclic) bond motifs is 5. The largest absolute Gasteiger partial charge is 0.422 e. The Bertz CT molecular complexity index is 828. The van der Waals surface area contributed by atoms with E-state index in [1.54, 1.807) is 0 Å². The van der Waals surface area contributed by atoms with Crippen LogP contribution in [0.25, 0.3) is 0 Å². The first-order valence-corrected chi connectivity index (χ1v) is 9.93. The summed E-state index contributed by atoms with van der Waals surface area (Å²) >= 11 is 0. The molecule has 27 heavy (non-hydrogen) atoms. The van der Waals surface area contributed by atoms with E-state index in [1.165, 1.54) is 6.92 Å². The van der Waals surface area contributed by atoms with Crippen LogP contribution in [0, 0.1) is 22.7 Å². The second-order valence-corrected chi connectivity index (χ2v) is 9.70. The molecule has 0 amide bonds. The van der Waals surface area contributed by atoms with Crippen LogP contribution < -0.4 is 0 Å². The van der Waals surface area contributed by atoms with Crippen LogP contribution in [0.2, 0.25) is 0 Å². The maximum absolute atomic E-state index is 13.6. The summed E-state index contributed by atoms with van der Waals surface area (Å²) in [5, 5.41) is 0. The average Bonchev–Trinajstić information content (AvgIpc) is 3.28. The van der Waals surface area contributed by atoms with E-state index in [-0.39, 0.29) is 46.8 Å². The van der Waals surface area contributed by atoms with Gasteiger partial charge in [-0.2, -0.15) is 0 Å². The van der Waals surface area contributed by atoms with Gasteiger partial charge in [-0.3, -0.25) is 14.4 Å². The topological polar surface area (TPSA) is 73.0 Å². The molecule has 1 saturated heterocycles. The van der Waals surface area contributed by atoms with Crippen molar-refractivity contribution in [2.75, 3.05) is 0 Å². The van der Waals surface area contributed by atoms with Gasteiger partial charge >= 0.3 is 5.97 Å². The number of carbonyl (C=O) groups is 3. The summed E-state index contributed by atoms with van der Waals surface area (Å²) in [4.78, 5) is 38.7. The lowest BCUT2D eigenvalue weighted by molar-refractivity contribution is -0.140. The average molecular weight is 372 g/mol. The van der Waals surface area contributed by atoms with Crippen LogP contribution in [0.5, 0.6) is 0 Å². The standard InChI is InChI=1S/C22H28O5/c1-10(2)12-15(24)13-14(16(25)17(12)26-11(3)23)22(6)9-7-8-21(4,5)20(22)19-18(13)27-19/h10,18-20H,7-9H2,1-6H3/t18-,19-,20-,22+/m0/s1. The predicted molar refractivity (Wildman–Crippen MR) is 98.6 cm³/mol. The molecule has 1 heterocycles. The predicted octanol–water partition coefficient (Wildman–Crippen LogP) is 3.52. The maximum atomic E-state index is 13.6. The van der Waals surface area contributed by atoms with Gasteiger partial charge in [0.25, 0.3) is 0 Å². The third-order valence-electron chi connectivity index (χ3n) is 7.01. The smallest absolute Gasteiger partial charge is 0.308 e. The summed E-state index contributed by atoms with van der Waals surface area (Å²) < 4.78 is 11.3. The molecular weight excluding hydrogens is 344 g/mol. The fraction of sp³-hybridized carbons (Fsp3) is 0.682. The van der Waals surface area contributed by atoms with E-state index in [0.29, 0.717) is 16.7 Å². The molecular formula is C22H28O5. The van der Waals surface area contributed by atoms with Crippen molar-refractivity contribution in [2.24, 2.45) is 22.7 Å². The van der Waals surface area contributed by atoms with Crippen molar-refractivity contribution in [2.45, 2.75) is 73.0 Å². The first kappa shape index (κ1) is 18.6. The fourth-order valence-corrected chi connectivity index (χ4v) is 6.11. The molecule has 0 aromatic rings. The van der Waals surface area contributed by atoms with Crippen molar-refractivity contribution in [1.82, 2.24) is 0 Å². The molecule has 4 aliphatic rings. The van der Waals surface area contributed by atoms with Crippen molar-refractivity contribution in [3.63, 3.8) is 0 Å². The number of allylic oxidation sites excluding steroid dienone is 2. The van der Waals surface area contributed by atoms with Gasteiger partial charge in [0, 0.05) is 35.0 Å². The molecule has 5 nitrogen and oxygen atoms in total. The zero-order chi connectivity index (χ0) is 19.9. The molecule has 146 valence electrons. The van der Waals surface area contributed by atoms with Gasteiger partial charge in [-0.15, -0.1) is 0 Å². The first-order chi connectivity index (χ1) is 12.5. The summed E-state index contributed by atoms with van der Waals surface area (Å²) in [5.74, 6) is -1.14. The summed E-state index contributed by atoms with van der Waals surface area (Å²) in [7, 11) is 0. The number of ether oxygens (including phenoxy) is 2. The third kappa shape index (κ3) is 2.43. The van der Waals surface area contributed by atoms with Crippen molar-refractivity contribution in [1.29, 1.82) is 0 Å². The van der Waals surface area contributed by atoms with Crippen LogP contribution in [-0.2, 0) is 23.9 Å². The van der Waals surface area contributed by atoms with Crippen molar-refractivity contribution in [3.05, 3.63) is 22.5 Å². The SMILES string of the molecule is CC(=O)OC1=C(C(C)C)C(=O)C2=C(C1=O)[C@@]1(C)CCCC(C)(C)[C@@H]1[C@H]1O[C@@H]21. The molecule has 0 bridgehead atoms. The number of epoxide rings is 1. The van der Waals surface area contributed by atoms with Gasteiger partial charge in [0.1, 0.15) is 6.10 Å². The summed E-state index contributed by atoms with van der Waals surface area (Å²) in [5.41, 5.74) is 0.971. The molecule has 0 aromatic heterocycles. The van der Waals surface area contributed by atoms with Gasteiger partial charge in [-0.25, -0.2) is 0 Å². The molecule has 0 N–H and O–H groups in total. The zero-order valence-electron chi connectivity index (χ0n) is 17.0. The third-order valence-corrected chi connectivity index (χ3v) is 7.01. The molecule has 1 aliphatic heterocycles. The number of hydrogen-bond acceptors (Lipinski definition) is 5. The Labute approximate surface area is 160 Å². The van der Waals surface area contributed by atoms with Crippen LogP contribution in [0.4, 0.5) is 0 Å². The van der Waals surface area contributed by atoms with E-state index in [4.69, 9.17) is 9.47 Å². The monoisotopic (exact) mass is 372 g/mol. The number of hydrogen-bond donors (Lipinski definition) is 0. The van der Waals surface area contributed by atoms with Crippen LogP contribution >= 0.6 is 0 Å². The molecule has 4 rings (SSSR count). The molecule has 0 spiro atoms. The Morgan fingerprint density at radius 2 is 1.81 bits per heavy atom. The Morgan fingerprint density at radius 1 is 1.15 bits per heavy atom. The van der Waals surface area contributed by atoms with Gasteiger partial charge in [-0.05, 0) is 24.2 Å². The Hall–Kier alpha value is -1.75. The number of carbonyl (C=O) groups excluding carboxylic acids is 3. The van der Waals surface area contributed by atoms with Gasteiger partial charge in [0.2, 0.25) is 5.78 Å². The van der Waals surface area contributed by atoms with Crippen LogP contribution in [0.15, 0.2) is 22.5 Å². The fourth-order valence-electron chi connectivity index (χ4n) is 6.11. The van der Waals surface area contributed by atoms with Crippen molar-refractivity contribution >= 4 is 17.5 Å².